The third kappa shape index (κ3) is 2.33. The first-order valence-corrected chi connectivity index (χ1v) is 6.64. The average Bonchev–Trinajstić information content (AvgIpc) is 2.44. The van der Waals surface area contributed by atoms with E-state index < -0.39 is 11.6 Å². The van der Waals surface area contributed by atoms with E-state index in [1.807, 2.05) is 18.2 Å². The molecule has 0 heterocycles. The zero-order valence-electron chi connectivity index (χ0n) is 10.9. The summed E-state index contributed by atoms with van der Waals surface area (Å²) in [5, 5.41) is 0. The molecule has 1 unspecified atom stereocenters. The van der Waals surface area contributed by atoms with Crippen molar-refractivity contribution in [2.24, 2.45) is 0 Å². The third-order valence-electron chi connectivity index (χ3n) is 3.64. The summed E-state index contributed by atoms with van der Waals surface area (Å²) in [6.07, 6.45) is 2.60. The fourth-order valence-electron chi connectivity index (χ4n) is 2.64. The van der Waals surface area contributed by atoms with Crippen LogP contribution in [-0.2, 0) is 6.42 Å². The van der Waals surface area contributed by atoms with Gasteiger partial charge in [-0.05, 0) is 30.4 Å². The van der Waals surface area contributed by atoms with Crippen molar-refractivity contribution < 1.29 is 13.5 Å². The van der Waals surface area contributed by atoms with Crippen molar-refractivity contribution in [1.82, 2.24) is 0 Å². The molecule has 0 fully saturated rings. The normalized spacial score (nSPS) is 17.6. The van der Waals surface area contributed by atoms with Crippen LogP contribution in [0.5, 0.6) is 5.75 Å². The number of ether oxygens (including phenoxy) is 1. The summed E-state index contributed by atoms with van der Waals surface area (Å²) in [5.74, 6) is -1.40. The van der Waals surface area contributed by atoms with Crippen molar-refractivity contribution in [2.75, 3.05) is 5.73 Å². The highest BCUT2D eigenvalue weighted by molar-refractivity contribution is 5.54. The summed E-state index contributed by atoms with van der Waals surface area (Å²) in [6.45, 7) is 0. The molecule has 0 aliphatic heterocycles. The largest absolute Gasteiger partial charge is 0.483 e. The van der Waals surface area contributed by atoms with Crippen LogP contribution in [0.2, 0.25) is 0 Å². The first-order chi connectivity index (χ1) is 9.65. The predicted molar refractivity (Wildman–Crippen MR) is 73.5 cm³/mol. The van der Waals surface area contributed by atoms with E-state index in [0.717, 1.165) is 37.0 Å². The van der Waals surface area contributed by atoms with Crippen LogP contribution in [0.4, 0.5) is 14.5 Å². The lowest BCUT2D eigenvalue weighted by Crippen LogP contribution is -2.16. The zero-order valence-corrected chi connectivity index (χ0v) is 10.9. The van der Waals surface area contributed by atoms with Crippen molar-refractivity contribution in [3.63, 3.8) is 0 Å². The fraction of sp³-hybridized carbons (Fsp3) is 0.250. The van der Waals surface area contributed by atoms with E-state index in [0.29, 0.717) is 0 Å². The molecule has 2 aromatic rings. The average molecular weight is 275 g/mol. The Balaban J connectivity index is 1.93. The molecule has 2 N–H and O–H groups in total. The number of anilines is 1. The van der Waals surface area contributed by atoms with Crippen LogP contribution >= 0.6 is 0 Å². The van der Waals surface area contributed by atoms with Gasteiger partial charge in [0, 0.05) is 12.1 Å². The molecule has 0 saturated carbocycles. The second-order valence-corrected chi connectivity index (χ2v) is 5.00. The van der Waals surface area contributed by atoms with Crippen molar-refractivity contribution in [3.05, 3.63) is 59.2 Å². The highest BCUT2D eigenvalue weighted by atomic mass is 19.1. The lowest BCUT2D eigenvalue weighted by molar-refractivity contribution is 0.183. The topological polar surface area (TPSA) is 35.2 Å². The second kappa shape index (κ2) is 5.12. The molecule has 0 saturated heterocycles. The Hall–Kier alpha value is -2.10. The Morgan fingerprint density at radius 2 is 1.95 bits per heavy atom. The van der Waals surface area contributed by atoms with E-state index in [2.05, 4.69) is 6.07 Å². The van der Waals surface area contributed by atoms with Crippen LogP contribution in [0.25, 0.3) is 0 Å². The molecule has 0 amide bonds. The number of hydrogen-bond acceptors (Lipinski definition) is 2. The molecule has 3 rings (SSSR count). The van der Waals surface area contributed by atoms with Crippen LogP contribution in [0.1, 0.15) is 30.1 Å². The van der Waals surface area contributed by atoms with Gasteiger partial charge in [0.05, 0.1) is 0 Å². The van der Waals surface area contributed by atoms with Gasteiger partial charge in [-0.25, -0.2) is 8.78 Å². The fourth-order valence-corrected chi connectivity index (χ4v) is 2.64. The van der Waals surface area contributed by atoms with E-state index in [1.54, 1.807) is 0 Å². The van der Waals surface area contributed by atoms with E-state index >= 15 is 0 Å². The van der Waals surface area contributed by atoms with Crippen molar-refractivity contribution in [2.45, 2.75) is 25.4 Å². The van der Waals surface area contributed by atoms with Gasteiger partial charge in [-0.2, -0.15) is 0 Å². The number of nitrogens with two attached hydrogens (primary N) is 1. The Morgan fingerprint density at radius 1 is 1.15 bits per heavy atom. The Labute approximate surface area is 116 Å². The molecule has 1 aliphatic rings. The summed E-state index contributed by atoms with van der Waals surface area (Å²) in [6, 6.07) is 9.87. The summed E-state index contributed by atoms with van der Waals surface area (Å²) in [4.78, 5) is 0. The maximum absolute atomic E-state index is 13.4. The molecule has 0 bridgehead atoms. The molecular weight excluding hydrogens is 260 g/mol. The van der Waals surface area contributed by atoms with Crippen LogP contribution in [0, 0.1) is 11.6 Å². The molecule has 2 nitrogen and oxygen atoms in total. The number of nitrogen functional groups attached to an aromatic ring is 1. The minimum atomic E-state index is -0.788. The number of benzene rings is 2. The molecule has 0 radical (unpaired) electrons. The lowest BCUT2D eigenvalue weighted by Gasteiger charge is -2.26. The van der Waals surface area contributed by atoms with Gasteiger partial charge in [-0.1, -0.05) is 24.3 Å². The first-order valence-electron chi connectivity index (χ1n) is 6.64. The van der Waals surface area contributed by atoms with Crippen molar-refractivity contribution in [1.29, 1.82) is 0 Å². The molecule has 0 spiro atoms. The van der Waals surface area contributed by atoms with Gasteiger partial charge in [-0.3, -0.25) is 0 Å². The van der Waals surface area contributed by atoms with Gasteiger partial charge in [0.15, 0.2) is 5.82 Å². The molecule has 1 aliphatic carbocycles. The maximum Gasteiger partial charge on any atom is 0.152 e. The predicted octanol–water partition coefficient (Wildman–Crippen LogP) is 4.00. The van der Waals surface area contributed by atoms with Crippen LogP contribution in [0.15, 0.2) is 36.4 Å². The summed E-state index contributed by atoms with van der Waals surface area (Å²) in [5.41, 5.74) is 7.77. The van der Waals surface area contributed by atoms with Gasteiger partial charge < -0.3 is 10.5 Å². The summed E-state index contributed by atoms with van der Waals surface area (Å²) in [7, 11) is 0. The highest BCUT2D eigenvalue weighted by Gasteiger charge is 2.22. The number of halogens is 2. The van der Waals surface area contributed by atoms with E-state index in [4.69, 9.17) is 10.5 Å². The quantitative estimate of drug-likeness (QED) is 0.841. The highest BCUT2D eigenvalue weighted by Crippen LogP contribution is 2.36. The molecule has 0 aromatic heterocycles. The van der Waals surface area contributed by atoms with E-state index in [9.17, 15) is 8.78 Å². The van der Waals surface area contributed by atoms with Crippen LogP contribution in [-0.4, -0.2) is 0 Å². The molecule has 4 heteroatoms. The number of aryl methyl sites for hydroxylation is 1. The molecule has 104 valence electrons. The van der Waals surface area contributed by atoms with Gasteiger partial charge in [0.25, 0.3) is 0 Å². The minimum absolute atomic E-state index is 0.0733. The van der Waals surface area contributed by atoms with E-state index in [-0.39, 0.29) is 17.5 Å². The number of hydrogen-bond donors (Lipinski definition) is 1. The van der Waals surface area contributed by atoms with Gasteiger partial charge in [0.2, 0.25) is 0 Å². The lowest BCUT2D eigenvalue weighted by atomic mass is 9.89. The van der Waals surface area contributed by atoms with Crippen molar-refractivity contribution >= 4 is 5.69 Å². The van der Waals surface area contributed by atoms with Gasteiger partial charge >= 0.3 is 0 Å². The van der Waals surface area contributed by atoms with Crippen LogP contribution < -0.4 is 10.5 Å². The van der Waals surface area contributed by atoms with Gasteiger partial charge in [0.1, 0.15) is 23.4 Å². The summed E-state index contributed by atoms with van der Waals surface area (Å²) < 4.78 is 32.5. The van der Waals surface area contributed by atoms with Gasteiger partial charge in [-0.15, -0.1) is 0 Å². The Kier molecular flexibility index (Phi) is 3.30. The standard InChI is InChI=1S/C16H15F2NO/c17-11-8-13(18)16(19)15(9-11)20-14-7-3-5-10-4-1-2-6-12(10)14/h1-2,4,6,8-9,14H,3,5,7,19H2. The molecule has 20 heavy (non-hydrogen) atoms. The van der Waals surface area contributed by atoms with Crippen LogP contribution in [0.3, 0.4) is 0 Å². The third-order valence-corrected chi connectivity index (χ3v) is 3.64. The number of fused-ring (bicyclic) bond motifs is 1. The first kappa shape index (κ1) is 12.9. The molecule has 1 atom stereocenters. The Morgan fingerprint density at radius 3 is 2.80 bits per heavy atom. The molecule has 2 aromatic carbocycles. The Bertz CT molecular complexity index is 642. The smallest absolute Gasteiger partial charge is 0.152 e. The monoisotopic (exact) mass is 275 g/mol. The summed E-state index contributed by atoms with van der Waals surface area (Å²) >= 11 is 0. The minimum Gasteiger partial charge on any atom is -0.483 e. The van der Waals surface area contributed by atoms with E-state index in [1.165, 1.54) is 5.56 Å². The number of rotatable bonds is 2. The van der Waals surface area contributed by atoms with Crippen molar-refractivity contribution in [3.8, 4) is 5.75 Å². The SMILES string of the molecule is Nc1c(F)cc(F)cc1OC1CCCc2ccccc21. The maximum atomic E-state index is 13.4. The molecular formula is C16H15F2NO. The zero-order chi connectivity index (χ0) is 14.1. The second-order valence-electron chi connectivity index (χ2n) is 5.00.